The molecular weight excluding hydrogens is 689 g/mol. The van der Waals surface area contributed by atoms with Crippen LogP contribution in [-0.4, -0.2) is 40.5 Å². The van der Waals surface area contributed by atoms with Crippen molar-refractivity contribution in [2.45, 2.75) is 111 Å². The number of hydrogen-bond donors (Lipinski definition) is 0. The lowest BCUT2D eigenvalue weighted by atomic mass is 9.75. The Bertz CT molecular complexity index is 1780. The monoisotopic (exact) mass is 735 g/mol. The van der Waals surface area contributed by atoms with E-state index in [1.807, 2.05) is 51.1 Å². The van der Waals surface area contributed by atoms with Crippen molar-refractivity contribution in [1.82, 2.24) is 4.90 Å². The van der Waals surface area contributed by atoms with E-state index < -0.39 is 29.8 Å². The minimum Gasteiger partial charge on any atom is -0.489 e. The van der Waals surface area contributed by atoms with E-state index >= 15 is 0 Å². The number of halogens is 2. The summed E-state index contributed by atoms with van der Waals surface area (Å²) in [5.74, 6) is 1.85. The highest BCUT2D eigenvalue weighted by atomic mass is 35.5. The highest BCUT2D eigenvalue weighted by molar-refractivity contribution is 6.42. The molecular formula is C41H47Cl2NO7. The second-order valence-electron chi connectivity index (χ2n) is 15.6. The third-order valence-electron chi connectivity index (χ3n) is 10.1. The first-order valence-electron chi connectivity index (χ1n) is 17.9. The summed E-state index contributed by atoms with van der Waals surface area (Å²) in [6.07, 6.45) is 1.83. The number of amides is 1. The molecule has 0 saturated heterocycles. The van der Waals surface area contributed by atoms with Gasteiger partial charge >= 0.3 is 12.1 Å². The lowest BCUT2D eigenvalue weighted by molar-refractivity contribution is -0.162. The van der Waals surface area contributed by atoms with Gasteiger partial charge in [-0.3, -0.25) is 9.69 Å². The SMILES string of the molecule is CC(C)[C@@H]1CC[C@@H](C)CC1OC(=O)[C@@H]1Cc2cc3c(cc2CN1C(=O)OC(C)(C)C)O[C@@H](c1ccc(OCc2ccc(Cl)c(Cl)c2)cc1)C(=O)C3. The van der Waals surface area contributed by atoms with Gasteiger partial charge in [-0.25, -0.2) is 9.59 Å². The van der Waals surface area contributed by atoms with Crippen molar-refractivity contribution in [2.75, 3.05) is 0 Å². The fourth-order valence-electron chi connectivity index (χ4n) is 7.38. The minimum atomic E-state index is -0.846. The smallest absolute Gasteiger partial charge is 0.411 e. The summed E-state index contributed by atoms with van der Waals surface area (Å²) >= 11 is 12.1. The number of nitrogens with zero attached hydrogens (tertiary/aromatic N) is 1. The number of carbonyl (C=O) groups is 3. The van der Waals surface area contributed by atoms with Crippen LogP contribution in [0.25, 0.3) is 0 Å². The van der Waals surface area contributed by atoms with Gasteiger partial charge in [-0.15, -0.1) is 0 Å². The molecule has 272 valence electrons. The molecule has 6 rings (SSSR count). The number of esters is 1. The molecule has 5 atom stereocenters. The minimum absolute atomic E-state index is 0.0692. The Kier molecular flexibility index (Phi) is 10.9. The normalized spacial score (nSPS) is 23.2. The fourth-order valence-corrected chi connectivity index (χ4v) is 7.70. The topological polar surface area (TPSA) is 91.4 Å². The molecule has 1 fully saturated rings. The molecule has 1 saturated carbocycles. The number of ether oxygens (including phenoxy) is 4. The van der Waals surface area contributed by atoms with Gasteiger partial charge in [0.2, 0.25) is 0 Å². The lowest BCUT2D eigenvalue weighted by Crippen LogP contribution is -2.52. The van der Waals surface area contributed by atoms with Crippen LogP contribution in [-0.2, 0) is 45.1 Å². The Morgan fingerprint density at radius 1 is 0.961 bits per heavy atom. The van der Waals surface area contributed by atoms with Crippen LogP contribution < -0.4 is 9.47 Å². The zero-order valence-corrected chi connectivity index (χ0v) is 31.7. The number of rotatable bonds is 7. The van der Waals surface area contributed by atoms with Crippen molar-refractivity contribution in [3.63, 3.8) is 0 Å². The molecule has 0 spiro atoms. The zero-order chi connectivity index (χ0) is 36.6. The summed E-state index contributed by atoms with van der Waals surface area (Å²) in [5, 5.41) is 0.948. The Morgan fingerprint density at radius 2 is 1.71 bits per heavy atom. The quantitative estimate of drug-likeness (QED) is 0.223. The summed E-state index contributed by atoms with van der Waals surface area (Å²) in [7, 11) is 0. The van der Waals surface area contributed by atoms with Crippen LogP contribution in [0.4, 0.5) is 4.79 Å². The van der Waals surface area contributed by atoms with E-state index in [-0.39, 0.29) is 37.2 Å². The van der Waals surface area contributed by atoms with Crippen LogP contribution in [0.2, 0.25) is 10.0 Å². The van der Waals surface area contributed by atoms with E-state index in [1.165, 1.54) is 4.90 Å². The molecule has 10 heteroatoms. The molecule has 1 amide bonds. The summed E-state index contributed by atoms with van der Waals surface area (Å²) in [6.45, 7) is 12.4. The van der Waals surface area contributed by atoms with Gasteiger partial charge < -0.3 is 18.9 Å². The summed E-state index contributed by atoms with van der Waals surface area (Å²) in [4.78, 5) is 42.5. The number of carbonyl (C=O) groups excluding carboxylic acids is 3. The van der Waals surface area contributed by atoms with Crippen LogP contribution in [0.5, 0.6) is 11.5 Å². The predicted molar refractivity (Wildman–Crippen MR) is 196 cm³/mol. The predicted octanol–water partition coefficient (Wildman–Crippen LogP) is 9.48. The molecule has 51 heavy (non-hydrogen) atoms. The third kappa shape index (κ3) is 8.66. The second kappa shape index (κ2) is 15.1. The molecule has 0 N–H and O–H groups in total. The van der Waals surface area contributed by atoms with Gasteiger partial charge in [0.15, 0.2) is 11.9 Å². The molecule has 1 unspecified atom stereocenters. The maximum absolute atomic E-state index is 14.0. The van der Waals surface area contributed by atoms with Gasteiger partial charge in [-0.05, 0) is 98.4 Å². The second-order valence-corrected chi connectivity index (χ2v) is 16.4. The van der Waals surface area contributed by atoms with Crippen molar-refractivity contribution < 1.29 is 33.3 Å². The van der Waals surface area contributed by atoms with Gasteiger partial charge in [0.05, 0.1) is 16.6 Å². The van der Waals surface area contributed by atoms with Crippen LogP contribution in [0.3, 0.4) is 0 Å². The molecule has 0 bridgehead atoms. The lowest BCUT2D eigenvalue weighted by Gasteiger charge is -2.40. The number of fused-ring (bicyclic) bond motifs is 2. The molecule has 3 aromatic rings. The van der Waals surface area contributed by atoms with Gasteiger partial charge in [0.25, 0.3) is 0 Å². The van der Waals surface area contributed by atoms with Gasteiger partial charge in [0, 0.05) is 24.0 Å². The van der Waals surface area contributed by atoms with Crippen LogP contribution >= 0.6 is 23.2 Å². The summed E-state index contributed by atoms with van der Waals surface area (Å²) in [5.41, 5.74) is 3.34. The van der Waals surface area contributed by atoms with Crippen LogP contribution in [0.1, 0.15) is 94.7 Å². The standard InChI is InChI=1S/C41H47Cl2NO7/c1-23(2)31-13-7-24(3)15-37(31)50-39(46)34-18-27-17-28-19-35(45)38(49-36(28)20-29(27)21-44(34)40(47)51-41(4,5)6)26-9-11-30(12-10-26)48-22-25-8-14-32(42)33(43)16-25/h8-12,14,16-17,20,23-24,31,34,37-38H,7,13,15,18-19,21-22H2,1-6H3/t24-,31+,34+,37?,38+/m1/s1. The van der Waals surface area contributed by atoms with Gasteiger partial charge in [0.1, 0.15) is 35.9 Å². The van der Waals surface area contributed by atoms with Crippen molar-refractivity contribution >= 4 is 41.0 Å². The molecule has 2 heterocycles. The third-order valence-corrected chi connectivity index (χ3v) is 10.9. The Labute approximate surface area is 310 Å². The average Bonchev–Trinajstić information content (AvgIpc) is 3.06. The molecule has 3 aliphatic rings. The fraction of sp³-hybridized carbons (Fsp3) is 0.488. The van der Waals surface area contributed by atoms with Crippen LogP contribution in [0, 0.1) is 17.8 Å². The van der Waals surface area contributed by atoms with Gasteiger partial charge in [-0.2, -0.15) is 0 Å². The van der Waals surface area contributed by atoms with Crippen molar-refractivity contribution in [3.8, 4) is 11.5 Å². The van der Waals surface area contributed by atoms with E-state index in [0.717, 1.165) is 41.5 Å². The van der Waals surface area contributed by atoms with E-state index in [9.17, 15) is 14.4 Å². The molecule has 0 aromatic heterocycles. The Hall–Kier alpha value is -3.75. The Balaban J connectivity index is 1.20. The number of benzene rings is 3. The number of ketones is 1. The van der Waals surface area contributed by atoms with E-state index in [4.69, 9.17) is 42.1 Å². The van der Waals surface area contributed by atoms with E-state index in [2.05, 4.69) is 20.8 Å². The van der Waals surface area contributed by atoms with Crippen molar-refractivity contribution in [2.24, 2.45) is 17.8 Å². The molecule has 2 aliphatic heterocycles. The Morgan fingerprint density at radius 3 is 2.39 bits per heavy atom. The maximum atomic E-state index is 14.0. The number of hydrogen-bond acceptors (Lipinski definition) is 7. The highest BCUT2D eigenvalue weighted by Crippen LogP contribution is 2.40. The van der Waals surface area contributed by atoms with E-state index in [1.54, 1.807) is 24.3 Å². The molecule has 8 nitrogen and oxygen atoms in total. The first kappa shape index (κ1) is 37.0. The largest absolute Gasteiger partial charge is 0.489 e. The average molecular weight is 737 g/mol. The van der Waals surface area contributed by atoms with Crippen LogP contribution in [0.15, 0.2) is 54.6 Å². The zero-order valence-electron chi connectivity index (χ0n) is 30.2. The van der Waals surface area contributed by atoms with E-state index in [0.29, 0.717) is 45.6 Å². The van der Waals surface area contributed by atoms with Crippen molar-refractivity contribution in [3.05, 3.63) is 92.5 Å². The van der Waals surface area contributed by atoms with Gasteiger partial charge in [-0.1, -0.05) is 74.7 Å². The maximum Gasteiger partial charge on any atom is 0.411 e. The number of Topliss-reactive ketones (excluding diaryl/α,β-unsaturated/α-hetero) is 1. The first-order chi connectivity index (χ1) is 24.1. The molecule has 1 aliphatic carbocycles. The first-order valence-corrected chi connectivity index (χ1v) is 18.6. The summed E-state index contributed by atoms with van der Waals surface area (Å²) < 4.78 is 24.3. The van der Waals surface area contributed by atoms with Crippen molar-refractivity contribution in [1.29, 1.82) is 0 Å². The highest BCUT2D eigenvalue weighted by Gasteiger charge is 2.42. The molecule has 3 aromatic carbocycles. The molecule has 0 radical (unpaired) electrons. The summed E-state index contributed by atoms with van der Waals surface area (Å²) in [6, 6.07) is 15.6.